The van der Waals surface area contributed by atoms with Gasteiger partial charge in [-0.15, -0.1) is 0 Å². The van der Waals surface area contributed by atoms with Gasteiger partial charge in [-0.25, -0.2) is 46.5 Å². The van der Waals surface area contributed by atoms with E-state index < -0.39 is 55.7 Å². The maximum atomic E-state index is 13.1. The van der Waals surface area contributed by atoms with Crippen molar-refractivity contribution in [1.29, 1.82) is 0 Å². The van der Waals surface area contributed by atoms with Crippen molar-refractivity contribution in [2.45, 2.75) is 146 Å². The lowest BCUT2D eigenvalue weighted by molar-refractivity contribution is -0.00937. The van der Waals surface area contributed by atoms with E-state index in [0.717, 1.165) is 93.8 Å². The van der Waals surface area contributed by atoms with Crippen LogP contribution in [-0.4, -0.2) is 246 Å². The van der Waals surface area contributed by atoms with Gasteiger partial charge in [0, 0.05) is 142 Å². The molecule has 35 heteroatoms. The molecule has 5 aromatic heterocycles. The average molecular weight is 1580 g/mol. The Balaban J connectivity index is 0.000000120. The van der Waals surface area contributed by atoms with Crippen molar-refractivity contribution in [3.05, 3.63) is 184 Å². The molecule has 3 atom stereocenters. The smallest absolute Gasteiger partial charge is 0.261 e. The van der Waals surface area contributed by atoms with Crippen LogP contribution >= 0.6 is 0 Å². The van der Waals surface area contributed by atoms with Gasteiger partial charge >= 0.3 is 0 Å². The van der Waals surface area contributed by atoms with Gasteiger partial charge in [0.15, 0.2) is 25.2 Å². The number of benzene rings is 1. The Morgan fingerprint density at radius 2 is 0.796 bits per heavy atom. The van der Waals surface area contributed by atoms with Crippen LogP contribution in [0.2, 0.25) is 0 Å². The second-order valence-electron chi connectivity index (χ2n) is 28.5. The fourth-order valence-electron chi connectivity index (χ4n) is 15.7. The number of aliphatic hydroxyl groups is 1. The van der Waals surface area contributed by atoms with Crippen LogP contribution in [0.15, 0.2) is 141 Å². The third kappa shape index (κ3) is 16.5. The second-order valence-corrected chi connectivity index (χ2v) is 37.7. The molecule has 0 amide bonds. The molecule has 0 aliphatic carbocycles. The molecule has 17 rings (SSSR count). The van der Waals surface area contributed by atoms with E-state index in [-0.39, 0.29) is 81.6 Å². The number of pyridine rings is 5. The number of aromatic nitrogens is 5. The quantitative estimate of drug-likeness (QED) is 0.163. The van der Waals surface area contributed by atoms with Crippen LogP contribution < -0.4 is 0 Å². The lowest BCUT2D eigenvalue weighted by Gasteiger charge is -2.37. The van der Waals surface area contributed by atoms with Crippen molar-refractivity contribution < 1.29 is 56.3 Å². The van der Waals surface area contributed by atoms with Gasteiger partial charge in [0.25, 0.3) is 50.1 Å². The van der Waals surface area contributed by atoms with Gasteiger partial charge in [0.2, 0.25) is 0 Å². The Bertz CT molecular complexity index is 5050. The van der Waals surface area contributed by atoms with Crippen LogP contribution in [0.5, 0.6) is 0 Å². The summed E-state index contributed by atoms with van der Waals surface area (Å²) < 4.78 is 154. The maximum Gasteiger partial charge on any atom is 0.261 e. The highest BCUT2D eigenvalue weighted by atomic mass is 32.2. The van der Waals surface area contributed by atoms with Gasteiger partial charge in [-0.3, -0.25) is 49.9 Å². The molecule has 6 fully saturated rings. The van der Waals surface area contributed by atoms with Gasteiger partial charge in [-0.05, 0) is 190 Å². The van der Waals surface area contributed by atoms with Gasteiger partial charge in [0.05, 0.1) is 73.4 Å². The van der Waals surface area contributed by atoms with Gasteiger partial charge < -0.3 is 19.6 Å². The highest BCUT2D eigenvalue weighted by Gasteiger charge is 2.45. The zero-order chi connectivity index (χ0) is 76.2. The monoisotopic (exact) mass is 1580 g/mol. The molecule has 0 radical (unpaired) electrons. The number of nitrogens with zero attached hydrogens (tertiary/aromatic N) is 17. The maximum absolute atomic E-state index is 13.1. The number of fused-ring (bicyclic) bond motifs is 5. The molecule has 1 unspecified atom stereocenters. The zero-order valence-corrected chi connectivity index (χ0v) is 65.1. The summed E-state index contributed by atoms with van der Waals surface area (Å²) in [5, 5.41) is 11.7. The summed E-state index contributed by atoms with van der Waals surface area (Å²) in [6, 6.07) is 23.8. The molecule has 108 heavy (non-hydrogen) atoms. The Morgan fingerprint density at radius 3 is 1.18 bits per heavy atom. The summed E-state index contributed by atoms with van der Waals surface area (Å²) in [7, 11) is -12.1. The molecule has 6 saturated heterocycles. The number of methoxy groups -OCH3 is 1. The first-order valence-electron chi connectivity index (χ1n) is 36.7. The van der Waals surface area contributed by atoms with E-state index >= 15 is 0 Å². The number of sulfonamides is 5. The molecule has 0 saturated carbocycles. The Morgan fingerprint density at radius 1 is 0.444 bits per heavy atom. The molecule has 1 N–H and O–H groups in total. The fraction of sp³-hybridized carbons (Fsp3) is 0.507. The molecule has 0 spiro atoms. The summed E-state index contributed by atoms with van der Waals surface area (Å²) in [6.45, 7) is 10.3. The van der Waals surface area contributed by atoms with E-state index in [2.05, 4.69) is 59.7 Å². The fourth-order valence-corrected chi connectivity index (χ4v) is 24.5. The number of aliphatic imine (C=N–C) groups is 5. The first-order valence-corrected chi connectivity index (χ1v) is 43.9. The standard InChI is InChI=1S/C18H18FN3O3S.C16H22N4O2S.C14H20N4O2S.C13H17N3O3S.C12H15N3O2S/c19-14-5-3-13(4-6-14)18(23)7-10-22(11-8-18)26(24,25)17-15-2-1-9-20-16(15)12-21-17;21-23(22,16-14-6-3-7-17-15(14)11-18-16)20-10-4-5-13(20)12-19-8-1-2-9-19;1-17(2)11-5-8-18(9-6-11)21(19,20)14-12-4-3-7-15-13(12)10-16-14;1-19-9-10-4-3-7-16(10)20(17,18)13-11-5-2-6-14-12(11)8-15-13;1-9-4-3-7-15(9)18(16,17)12-10-5-2-6-13-11(10)8-14-12/h1-6,9,23H,7-8,10-12H2;3,6-7,13H,1-2,4-5,8-12H2;3-4,7,11H,5-6,8-10H2,1-2H3;2,5-6,10H,3-4,7-9H2,1H3;2,5-6,9H,3-4,7-8H2,1H3/t;13-;;10-;/m.0.1./s1. The van der Waals surface area contributed by atoms with E-state index in [0.29, 0.717) is 111 Å². The highest BCUT2D eigenvalue weighted by Crippen LogP contribution is 2.37. The first-order chi connectivity index (χ1) is 51.8. The van der Waals surface area contributed by atoms with Gasteiger partial charge in [-0.1, -0.05) is 12.1 Å². The summed E-state index contributed by atoms with van der Waals surface area (Å²) >= 11 is 0. The molecular formula is C73H92FN17O12S5. The second kappa shape index (κ2) is 33.3. The first kappa shape index (κ1) is 78.8. The number of piperidine rings is 2. The third-order valence-electron chi connectivity index (χ3n) is 21.5. The number of halogens is 1. The van der Waals surface area contributed by atoms with Crippen LogP contribution in [0.25, 0.3) is 0 Å². The van der Waals surface area contributed by atoms with Crippen LogP contribution in [0.3, 0.4) is 0 Å². The summed E-state index contributed by atoms with van der Waals surface area (Å²) in [5.41, 5.74) is 6.29. The predicted octanol–water partition coefficient (Wildman–Crippen LogP) is 5.66. The molecule has 6 aromatic rings. The Hall–Kier alpha value is -7.36. The molecule has 16 heterocycles. The molecule has 29 nitrogen and oxygen atoms in total. The largest absolute Gasteiger partial charge is 0.385 e. The number of hydrogen-bond donors (Lipinski definition) is 1. The Labute approximate surface area is 632 Å². The summed E-state index contributed by atoms with van der Waals surface area (Å²) in [6.07, 6.45) is 18.4. The van der Waals surface area contributed by atoms with Crippen LogP contribution in [-0.2, 0) is 93.2 Å². The topological polar surface area (TPSA) is 349 Å². The van der Waals surface area contributed by atoms with Crippen molar-refractivity contribution in [1.82, 2.24) is 56.2 Å². The number of rotatable bonds is 11. The van der Waals surface area contributed by atoms with Crippen LogP contribution in [0.4, 0.5) is 4.39 Å². The lowest BCUT2D eigenvalue weighted by Crippen LogP contribution is -2.47. The van der Waals surface area contributed by atoms with Crippen LogP contribution in [0, 0.1) is 5.82 Å². The summed E-state index contributed by atoms with van der Waals surface area (Å²) in [5.74, 6) is -0.371. The van der Waals surface area contributed by atoms with Crippen molar-refractivity contribution in [2.24, 2.45) is 25.0 Å². The third-order valence-corrected chi connectivity index (χ3v) is 31.2. The van der Waals surface area contributed by atoms with E-state index in [1.807, 2.05) is 27.1 Å². The zero-order valence-electron chi connectivity index (χ0n) is 61.0. The van der Waals surface area contributed by atoms with Crippen LogP contribution in [0.1, 0.15) is 146 Å². The minimum Gasteiger partial charge on any atom is -0.385 e. The van der Waals surface area contributed by atoms with Crippen molar-refractivity contribution in [3.63, 3.8) is 0 Å². The summed E-state index contributed by atoms with van der Waals surface area (Å²) in [4.78, 5) is 46.6. The normalized spacial score (nSPS) is 22.5. The molecule has 1 aromatic carbocycles. The molecular weight excluding hydrogens is 1490 g/mol. The SMILES string of the molecule is CC1CCCN1S(=O)(=O)C1=NCc2ncccc21.CN(C)C1CCN(S(=O)(=O)C2=NCc3ncccc32)CC1.COC[C@H]1CCCN1S(=O)(=O)C1=NCc2ncccc21.O=S(=O)(C1=NCc2ncccc21)N1CCC(O)(c2ccc(F)cc2)CC1.O=S(=O)(C1=NCc2ncccc21)N1CCC[C@H]1CN1CCCC1. The van der Waals surface area contributed by atoms with Crippen molar-refractivity contribution in [3.8, 4) is 0 Å². The minimum absolute atomic E-state index is 0.0489. The van der Waals surface area contributed by atoms with E-state index in [4.69, 9.17) is 4.74 Å². The molecule has 578 valence electrons. The molecule has 11 aliphatic heterocycles. The van der Waals surface area contributed by atoms with Gasteiger partial charge in [0.1, 0.15) is 5.82 Å². The van der Waals surface area contributed by atoms with Crippen molar-refractivity contribution in [2.75, 3.05) is 93.3 Å². The van der Waals surface area contributed by atoms with E-state index in [1.165, 1.54) is 33.6 Å². The average Bonchev–Trinajstić information content (AvgIpc) is 1.65. The molecule has 11 aliphatic rings. The lowest BCUT2D eigenvalue weighted by atomic mass is 9.85. The highest BCUT2D eigenvalue weighted by molar-refractivity contribution is 8.06. The minimum atomic E-state index is -3.74. The number of likely N-dealkylation sites (tertiary alicyclic amines) is 1. The van der Waals surface area contributed by atoms with Crippen molar-refractivity contribution >= 4 is 75.3 Å². The van der Waals surface area contributed by atoms with E-state index in [9.17, 15) is 51.6 Å². The van der Waals surface area contributed by atoms with Gasteiger partial charge in [-0.2, -0.15) is 21.5 Å². The number of hydrogen-bond acceptors (Lipinski definition) is 24. The Kier molecular flexibility index (Phi) is 24.3. The molecule has 0 bridgehead atoms. The van der Waals surface area contributed by atoms with E-state index in [1.54, 1.807) is 118 Å². The predicted molar refractivity (Wildman–Crippen MR) is 409 cm³/mol. The number of ether oxygens (including phenoxy) is 1.